The molecule has 0 bridgehead atoms. The average Bonchev–Trinajstić information content (AvgIpc) is 3.57. The third-order valence-corrected chi connectivity index (χ3v) is 11.3. The second-order valence-electron chi connectivity index (χ2n) is 11.8. The molecule has 1 atom stereocenters. The molecule has 7 rings (SSSR count). The topological polar surface area (TPSA) is 129 Å². The fourth-order valence-corrected chi connectivity index (χ4v) is 9.18. The first kappa shape index (κ1) is 32.8. The molecule has 2 fully saturated rings. The van der Waals surface area contributed by atoms with Gasteiger partial charge >= 0.3 is 11.9 Å². The molecule has 17 heteroatoms. The number of nitrogens with two attached hydrogens (primary N) is 1. The molecule has 0 aliphatic carbocycles. The number of hydrogen-bond donors (Lipinski definition) is 1. The summed E-state index contributed by atoms with van der Waals surface area (Å²) in [6, 6.07) is 3.06. The number of likely N-dealkylation sites (tertiary alicyclic amines) is 1. The number of aromatic nitrogens is 2. The van der Waals surface area contributed by atoms with Crippen molar-refractivity contribution in [2.24, 2.45) is 0 Å². The van der Waals surface area contributed by atoms with E-state index in [2.05, 4.69) is 11.6 Å². The lowest BCUT2D eigenvalue weighted by molar-refractivity contribution is -0.137. The Morgan fingerprint density at radius 1 is 1.10 bits per heavy atom. The van der Waals surface area contributed by atoms with Crippen LogP contribution in [0.15, 0.2) is 34.5 Å². The Morgan fingerprint density at radius 2 is 1.84 bits per heavy atom. The third-order valence-electron chi connectivity index (χ3n) is 9.16. The highest BCUT2D eigenvalue weighted by Crippen LogP contribution is 2.53. The number of nitrogens with zero attached hydrogens (tertiary/aromatic N) is 6. The number of thiophene rings is 1. The summed E-state index contributed by atoms with van der Waals surface area (Å²) >= 11 is 1.57. The van der Waals surface area contributed by atoms with Gasteiger partial charge in [-0.2, -0.15) is 23.4 Å². The summed E-state index contributed by atoms with van der Waals surface area (Å²) in [5.74, 6) is -2.92. The van der Waals surface area contributed by atoms with E-state index in [0.29, 0.717) is 30.4 Å². The van der Waals surface area contributed by atoms with Gasteiger partial charge in [-0.15, -0.1) is 23.1 Å². The molecule has 3 aliphatic rings. The number of hydrogen-bond acceptors (Lipinski definition) is 9. The van der Waals surface area contributed by atoms with E-state index in [0.717, 1.165) is 23.9 Å². The zero-order valence-corrected chi connectivity index (χ0v) is 27.2. The van der Waals surface area contributed by atoms with Crippen molar-refractivity contribution in [1.29, 1.82) is 5.26 Å². The van der Waals surface area contributed by atoms with Crippen molar-refractivity contribution in [2.45, 2.75) is 36.5 Å². The number of thioether (sulfide) groups is 1. The van der Waals surface area contributed by atoms with Crippen LogP contribution < -0.4 is 16.3 Å². The molecule has 2 amide bonds. The first-order valence-electron chi connectivity index (χ1n) is 15.2. The molecule has 2 aromatic heterocycles. The van der Waals surface area contributed by atoms with Crippen molar-refractivity contribution in [2.75, 3.05) is 49.1 Å². The molecule has 10 nitrogen and oxygen atoms in total. The number of anilines is 2. The SMILES string of the molecule is C=CC(=O)N1CCN(c2nc(=O)n3c4c(c(-c5c(F)cc(F)c6sc(N)c(C#N)c56)c(C(F)(F)F)cc24)SCCC3N2CCCC2=O)CC1. The number of alkyl halides is 3. The van der Waals surface area contributed by atoms with Crippen LogP contribution in [0.3, 0.4) is 0 Å². The van der Waals surface area contributed by atoms with E-state index >= 15 is 22.0 Å². The molecule has 0 radical (unpaired) electrons. The van der Waals surface area contributed by atoms with E-state index in [-0.39, 0.29) is 93.5 Å². The molecule has 5 heterocycles. The van der Waals surface area contributed by atoms with Crippen LogP contribution in [0.4, 0.5) is 32.8 Å². The van der Waals surface area contributed by atoms with Crippen LogP contribution in [-0.2, 0) is 15.8 Å². The van der Waals surface area contributed by atoms with Gasteiger partial charge in [0.05, 0.1) is 21.3 Å². The van der Waals surface area contributed by atoms with Gasteiger partial charge in [-0.1, -0.05) is 6.58 Å². The Balaban J connectivity index is 1.61. The number of benzene rings is 2. The Hall–Kier alpha value is -4.69. The van der Waals surface area contributed by atoms with Gasteiger partial charge in [0.25, 0.3) is 0 Å². The zero-order chi connectivity index (χ0) is 34.9. The highest BCUT2D eigenvalue weighted by molar-refractivity contribution is 7.99. The summed E-state index contributed by atoms with van der Waals surface area (Å²) in [5, 5.41) is 9.27. The summed E-state index contributed by atoms with van der Waals surface area (Å²) in [6.45, 7) is 4.45. The van der Waals surface area contributed by atoms with Crippen LogP contribution in [0.1, 0.15) is 36.6 Å². The van der Waals surface area contributed by atoms with Crippen LogP contribution in [-0.4, -0.2) is 69.6 Å². The van der Waals surface area contributed by atoms with Gasteiger partial charge in [-0.25, -0.2) is 13.6 Å². The number of carbonyl (C=O) groups is 2. The molecule has 1 unspecified atom stereocenters. The zero-order valence-electron chi connectivity index (χ0n) is 25.6. The van der Waals surface area contributed by atoms with Gasteiger partial charge in [-0.3, -0.25) is 14.2 Å². The minimum atomic E-state index is -5.11. The van der Waals surface area contributed by atoms with E-state index in [1.165, 1.54) is 14.4 Å². The molecular formula is C32H26F5N7O3S2. The van der Waals surface area contributed by atoms with E-state index in [1.807, 2.05) is 0 Å². The van der Waals surface area contributed by atoms with E-state index in [9.17, 15) is 19.6 Å². The number of fused-ring (bicyclic) bond motifs is 1. The second-order valence-corrected chi connectivity index (χ2v) is 14.0. The second kappa shape index (κ2) is 12.0. The van der Waals surface area contributed by atoms with Crippen LogP contribution >= 0.6 is 23.1 Å². The van der Waals surface area contributed by atoms with Gasteiger partial charge in [0.15, 0.2) is 0 Å². The molecule has 254 valence electrons. The Kier molecular flexibility index (Phi) is 8.06. The first-order valence-corrected chi connectivity index (χ1v) is 17.0. The standard InChI is InChI=1S/C32H26F5N7O3S2/c1-2-21(45)41-7-9-42(10-8-41)30-15-12-17(32(35,36)37)24(25-18(33)13-19(34)27-23(25)16(14-38)29(39)49-27)28-26(15)44(31(47)40-30)20(5-11-48-28)43-6-3-4-22(43)46/h2,12-13,20H,1,3-11,39H2. The number of nitriles is 1. The normalized spacial score (nSPS) is 18.3. The summed E-state index contributed by atoms with van der Waals surface area (Å²) in [7, 11) is 0. The summed E-state index contributed by atoms with van der Waals surface area (Å²) < 4.78 is 78.0. The van der Waals surface area contributed by atoms with Gasteiger partial charge in [-0.05, 0) is 25.0 Å². The minimum Gasteiger partial charge on any atom is -0.389 e. The minimum absolute atomic E-state index is 0.00776. The van der Waals surface area contributed by atoms with Gasteiger partial charge in [0.2, 0.25) is 11.8 Å². The molecule has 2 aromatic carbocycles. The largest absolute Gasteiger partial charge is 0.417 e. The predicted molar refractivity (Wildman–Crippen MR) is 175 cm³/mol. The number of halogens is 5. The van der Waals surface area contributed by atoms with Crippen LogP contribution in [0, 0.1) is 23.0 Å². The van der Waals surface area contributed by atoms with Crippen molar-refractivity contribution in [1.82, 2.24) is 19.4 Å². The molecular weight excluding hydrogens is 690 g/mol. The lowest BCUT2D eigenvalue weighted by Crippen LogP contribution is -2.49. The fourth-order valence-electron chi connectivity index (χ4n) is 7.01. The van der Waals surface area contributed by atoms with Crippen molar-refractivity contribution in [3.05, 3.63) is 58.0 Å². The number of nitrogen functional groups attached to an aromatic ring is 1. The smallest absolute Gasteiger partial charge is 0.389 e. The van der Waals surface area contributed by atoms with Crippen LogP contribution in [0.25, 0.3) is 32.1 Å². The van der Waals surface area contributed by atoms with Crippen LogP contribution in [0.2, 0.25) is 0 Å². The number of piperazine rings is 1. The van der Waals surface area contributed by atoms with E-state index in [4.69, 9.17) is 5.73 Å². The van der Waals surface area contributed by atoms with Crippen LogP contribution in [0.5, 0.6) is 0 Å². The monoisotopic (exact) mass is 715 g/mol. The van der Waals surface area contributed by atoms with Crippen molar-refractivity contribution < 1.29 is 31.5 Å². The molecule has 4 aromatic rings. The number of amides is 2. The molecule has 3 aliphatic heterocycles. The highest BCUT2D eigenvalue weighted by atomic mass is 32.2. The molecule has 0 saturated carbocycles. The third kappa shape index (κ3) is 5.19. The van der Waals surface area contributed by atoms with E-state index < -0.39 is 51.7 Å². The van der Waals surface area contributed by atoms with E-state index in [1.54, 1.807) is 11.0 Å². The lowest BCUT2D eigenvalue weighted by atomic mass is 9.92. The lowest BCUT2D eigenvalue weighted by Gasteiger charge is -2.36. The molecule has 0 spiro atoms. The molecule has 2 saturated heterocycles. The number of carbonyl (C=O) groups excluding carboxylic acids is 2. The number of rotatable bonds is 4. The summed E-state index contributed by atoms with van der Waals surface area (Å²) in [4.78, 5) is 48.1. The maximum absolute atomic E-state index is 16.1. The highest BCUT2D eigenvalue weighted by Gasteiger charge is 2.42. The summed E-state index contributed by atoms with van der Waals surface area (Å²) in [6.07, 6.45) is -3.91. The van der Waals surface area contributed by atoms with Gasteiger partial charge in [0, 0.05) is 77.8 Å². The van der Waals surface area contributed by atoms with Gasteiger partial charge in [0.1, 0.15) is 34.7 Å². The average molecular weight is 716 g/mol. The van der Waals surface area contributed by atoms with Crippen molar-refractivity contribution in [3.63, 3.8) is 0 Å². The first-order chi connectivity index (χ1) is 23.3. The summed E-state index contributed by atoms with van der Waals surface area (Å²) in [5.41, 5.74) is 2.19. The van der Waals surface area contributed by atoms with Crippen molar-refractivity contribution in [3.8, 4) is 17.2 Å². The Labute approximate surface area is 283 Å². The predicted octanol–water partition coefficient (Wildman–Crippen LogP) is 5.48. The maximum atomic E-state index is 16.1. The quantitative estimate of drug-likeness (QED) is 0.218. The Morgan fingerprint density at radius 3 is 2.47 bits per heavy atom. The fraction of sp³-hybridized carbons (Fsp3) is 0.344. The Bertz CT molecular complexity index is 2200. The molecule has 49 heavy (non-hydrogen) atoms. The molecule has 2 N–H and O–H groups in total. The maximum Gasteiger partial charge on any atom is 0.417 e. The van der Waals surface area contributed by atoms with Gasteiger partial charge < -0.3 is 20.4 Å². The van der Waals surface area contributed by atoms with Crippen molar-refractivity contribution >= 4 is 66.7 Å².